The normalized spacial score (nSPS) is 11.6. The summed E-state index contributed by atoms with van der Waals surface area (Å²) in [5.41, 5.74) is 14.5. The number of nitrogens with zero attached hydrogens (tertiary/aromatic N) is 1. The highest BCUT2D eigenvalue weighted by Crippen LogP contribution is 2.46. The van der Waals surface area contributed by atoms with Crippen molar-refractivity contribution < 1.29 is 4.42 Å². The predicted molar refractivity (Wildman–Crippen MR) is 261 cm³/mol. The van der Waals surface area contributed by atoms with Gasteiger partial charge in [0.1, 0.15) is 11.2 Å². The van der Waals surface area contributed by atoms with Gasteiger partial charge in [-0.1, -0.05) is 182 Å². The Labute approximate surface area is 357 Å². The minimum absolute atomic E-state index is 0.903. The third-order valence-electron chi connectivity index (χ3n) is 12.1. The summed E-state index contributed by atoms with van der Waals surface area (Å²) in [7, 11) is 0. The minimum Gasteiger partial charge on any atom is -0.455 e. The van der Waals surface area contributed by atoms with E-state index in [1.807, 2.05) is 23.5 Å². The van der Waals surface area contributed by atoms with Gasteiger partial charge in [0, 0.05) is 53.4 Å². The number of para-hydroxylation sites is 3. The smallest absolute Gasteiger partial charge is 0.143 e. The molecule has 0 aliphatic heterocycles. The van der Waals surface area contributed by atoms with Crippen LogP contribution in [0.25, 0.3) is 97.4 Å². The number of thiophene rings is 1. The number of furan rings is 1. The second kappa shape index (κ2) is 14.5. The molecule has 0 saturated heterocycles. The topological polar surface area (TPSA) is 16.4 Å². The number of fused-ring (bicyclic) bond motifs is 7. The van der Waals surface area contributed by atoms with Crippen LogP contribution in [0.4, 0.5) is 17.1 Å². The van der Waals surface area contributed by atoms with Crippen molar-refractivity contribution in [1.82, 2.24) is 0 Å². The molecule has 61 heavy (non-hydrogen) atoms. The van der Waals surface area contributed by atoms with E-state index in [-0.39, 0.29) is 0 Å². The summed E-state index contributed by atoms with van der Waals surface area (Å²) in [6.45, 7) is 0. The number of anilines is 3. The Morgan fingerprint density at radius 3 is 1.67 bits per heavy atom. The Balaban J connectivity index is 1.03. The Morgan fingerprint density at radius 2 is 0.885 bits per heavy atom. The maximum Gasteiger partial charge on any atom is 0.143 e. The SMILES string of the molecule is c1ccc(-c2cccc3cccc(-c4ccccc4N(c4ccc(-c5cccc6c5oc5ccccc56)cc4)c4ccc(-c5cccc6c5sc5ccccc56)cc4)c23)cc1. The van der Waals surface area contributed by atoms with Gasteiger partial charge >= 0.3 is 0 Å². The molecule has 10 aromatic carbocycles. The molecule has 3 heteroatoms. The molecule has 12 rings (SSSR count). The van der Waals surface area contributed by atoms with Gasteiger partial charge in [-0.3, -0.25) is 0 Å². The molecule has 0 unspecified atom stereocenters. The van der Waals surface area contributed by atoms with Crippen molar-refractivity contribution in [2.24, 2.45) is 0 Å². The molecule has 0 spiro atoms. The van der Waals surface area contributed by atoms with Crippen LogP contribution in [0, 0.1) is 0 Å². The Bertz CT molecular complexity index is 3420. The summed E-state index contributed by atoms with van der Waals surface area (Å²) >= 11 is 1.87. The first-order valence-electron chi connectivity index (χ1n) is 20.7. The summed E-state index contributed by atoms with van der Waals surface area (Å²) in [5, 5.41) is 7.33. The highest BCUT2D eigenvalue weighted by molar-refractivity contribution is 7.26. The van der Waals surface area contributed by atoms with Crippen LogP contribution in [0.5, 0.6) is 0 Å². The summed E-state index contributed by atoms with van der Waals surface area (Å²) in [6.07, 6.45) is 0. The predicted octanol–water partition coefficient (Wildman–Crippen LogP) is 17.2. The lowest BCUT2D eigenvalue weighted by molar-refractivity contribution is 0.670. The highest BCUT2D eigenvalue weighted by Gasteiger charge is 2.21. The van der Waals surface area contributed by atoms with Crippen LogP contribution in [0.2, 0.25) is 0 Å². The van der Waals surface area contributed by atoms with Crippen molar-refractivity contribution in [3.8, 4) is 44.5 Å². The first kappa shape index (κ1) is 35.2. The minimum atomic E-state index is 0.903. The molecule has 0 aliphatic carbocycles. The molecule has 2 aromatic heterocycles. The van der Waals surface area contributed by atoms with Gasteiger partial charge in [0.25, 0.3) is 0 Å². The first-order valence-corrected chi connectivity index (χ1v) is 21.6. The lowest BCUT2D eigenvalue weighted by Crippen LogP contribution is -2.11. The molecule has 0 N–H and O–H groups in total. The van der Waals surface area contributed by atoms with Crippen LogP contribution in [0.3, 0.4) is 0 Å². The fourth-order valence-corrected chi connectivity index (χ4v) is 10.5. The van der Waals surface area contributed by atoms with Crippen molar-refractivity contribution in [3.05, 3.63) is 224 Å². The highest BCUT2D eigenvalue weighted by atomic mass is 32.1. The van der Waals surface area contributed by atoms with Crippen LogP contribution in [-0.4, -0.2) is 0 Å². The lowest BCUT2D eigenvalue weighted by atomic mass is 9.90. The van der Waals surface area contributed by atoms with Crippen LogP contribution < -0.4 is 4.90 Å². The fourth-order valence-electron chi connectivity index (χ4n) is 9.28. The van der Waals surface area contributed by atoms with Crippen LogP contribution in [0.15, 0.2) is 229 Å². The van der Waals surface area contributed by atoms with Crippen molar-refractivity contribution in [2.45, 2.75) is 0 Å². The molecule has 0 atom stereocenters. The number of hydrogen-bond donors (Lipinski definition) is 0. The summed E-state index contributed by atoms with van der Waals surface area (Å²) in [5.74, 6) is 0. The van der Waals surface area contributed by atoms with Crippen LogP contribution >= 0.6 is 11.3 Å². The molecule has 0 bridgehead atoms. The van der Waals surface area contributed by atoms with Gasteiger partial charge in [0.2, 0.25) is 0 Å². The van der Waals surface area contributed by atoms with Gasteiger partial charge in [-0.2, -0.15) is 0 Å². The molecule has 0 radical (unpaired) electrons. The molecule has 2 heterocycles. The van der Waals surface area contributed by atoms with E-state index in [0.29, 0.717) is 0 Å². The second-order valence-corrected chi connectivity index (χ2v) is 16.6. The molecule has 0 aliphatic rings. The lowest BCUT2D eigenvalue weighted by Gasteiger charge is -2.29. The third-order valence-corrected chi connectivity index (χ3v) is 13.3. The second-order valence-electron chi connectivity index (χ2n) is 15.6. The fraction of sp³-hybridized carbons (Fsp3) is 0. The van der Waals surface area contributed by atoms with E-state index in [2.05, 4.69) is 217 Å². The molecule has 0 saturated carbocycles. The Hall–Kier alpha value is -7.72. The van der Waals surface area contributed by atoms with E-state index in [4.69, 9.17) is 4.42 Å². The van der Waals surface area contributed by atoms with E-state index in [0.717, 1.165) is 55.7 Å². The van der Waals surface area contributed by atoms with Gasteiger partial charge < -0.3 is 9.32 Å². The zero-order chi connectivity index (χ0) is 40.3. The number of hydrogen-bond acceptors (Lipinski definition) is 3. The van der Waals surface area contributed by atoms with Gasteiger partial charge in [0.15, 0.2) is 0 Å². The summed E-state index contributed by atoms with van der Waals surface area (Å²) in [6, 6.07) is 81.1. The number of rotatable bonds is 7. The van der Waals surface area contributed by atoms with Gasteiger partial charge in [0.05, 0.1) is 5.69 Å². The monoisotopic (exact) mass is 795 g/mol. The summed E-state index contributed by atoms with van der Waals surface area (Å²) < 4.78 is 9.11. The van der Waals surface area contributed by atoms with E-state index in [9.17, 15) is 0 Å². The molecule has 12 aromatic rings. The maximum atomic E-state index is 6.48. The zero-order valence-electron chi connectivity index (χ0n) is 33.1. The molecule has 286 valence electrons. The number of benzene rings is 10. The standard InChI is InChI=1S/C58H37NOS/c1-2-14-38(15-3-1)44-21-10-16-41-17-11-24-50(56(41)44)47-18-4-7-27-53(47)59(42-34-30-39(31-35-42)45-22-12-25-51-48-19-5-8-28-54(48)60-57(45)51)43-36-32-40(33-37-43)46-23-13-26-52-49-20-6-9-29-55(49)61-58(46)52/h1-37H. The molecule has 0 fully saturated rings. The van der Waals surface area contributed by atoms with Gasteiger partial charge in [-0.25, -0.2) is 0 Å². The average molecular weight is 796 g/mol. The molecular weight excluding hydrogens is 759 g/mol. The Kier molecular flexibility index (Phi) is 8.39. The van der Waals surface area contributed by atoms with Gasteiger partial charge in [-0.05, 0) is 86.6 Å². The maximum absolute atomic E-state index is 6.48. The van der Waals surface area contributed by atoms with Crippen molar-refractivity contribution in [1.29, 1.82) is 0 Å². The van der Waals surface area contributed by atoms with E-state index >= 15 is 0 Å². The van der Waals surface area contributed by atoms with Crippen molar-refractivity contribution in [2.75, 3.05) is 4.90 Å². The van der Waals surface area contributed by atoms with Gasteiger partial charge in [-0.15, -0.1) is 11.3 Å². The molecular formula is C58H37NOS. The quantitative estimate of drug-likeness (QED) is 0.160. The summed E-state index contributed by atoms with van der Waals surface area (Å²) in [4.78, 5) is 2.41. The largest absolute Gasteiger partial charge is 0.455 e. The zero-order valence-corrected chi connectivity index (χ0v) is 33.9. The average Bonchev–Trinajstić information content (AvgIpc) is 3.91. The molecule has 0 amide bonds. The third kappa shape index (κ3) is 5.93. The van der Waals surface area contributed by atoms with E-state index in [1.54, 1.807) is 0 Å². The van der Waals surface area contributed by atoms with Crippen LogP contribution in [0.1, 0.15) is 0 Å². The Morgan fingerprint density at radius 1 is 0.344 bits per heavy atom. The van der Waals surface area contributed by atoms with E-state index < -0.39 is 0 Å². The van der Waals surface area contributed by atoms with Crippen molar-refractivity contribution in [3.63, 3.8) is 0 Å². The molecule has 2 nitrogen and oxygen atoms in total. The van der Waals surface area contributed by atoms with Crippen molar-refractivity contribution >= 4 is 81.3 Å². The first-order chi connectivity index (χ1) is 30.3. The van der Waals surface area contributed by atoms with Crippen LogP contribution in [-0.2, 0) is 0 Å². The van der Waals surface area contributed by atoms with E-state index in [1.165, 1.54) is 58.8 Å².